The van der Waals surface area contributed by atoms with E-state index in [1.165, 1.54) is 0 Å². The molecule has 17 heavy (non-hydrogen) atoms. The summed E-state index contributed by atoms with van der Waals surface area (Å²) in [6.07, 6.45) is 0.928. The topological polar surface area (TPSA) is 50.4 Å². The second-order valence-corrected chi connectivity index (χ2v) is 5.27. The Kier molecular flexibility index (Phi) is 5.40. The van der Waals surface area contributed by atoms with Crippen molar-refractivity contribution in [2.75, 3.05) is 26.3 Å². The molecule has 1 fully saturated rings. The molecule has 0 aromatic heterocycles. The highest BCUT2D eigenvalue weighted by atomic mass is 16.5. The summed E-state index contributed by atoms with van der Waals surface area (Å²) in [7, 11) is 0. The number of rotatable bonds is 6. The highest BCUT2D eigenvalue weighted by Gasteiger charge is 2.44. The molecular weight excluding hydrogens is 216 g/mol. The minimum Gasteiger partial charge on any atom is -0.380 e. The lowest BCUT2D eigenvalue weighted by molar-refractivity contribution is -0.133. The van der Waals surface area contributed by atoms with E-state index in [0.29, 0.717) is 19.1 Å². The number of carbonyl (C=O) groups is 1. The zero-order valence-electron chi connectivity index (χ0n) is 11.5. The fourth-order valence-electron chi connectivity index (χ4n) is 2.36. The van der Waals surface area contributed by atoms with Crippen molar-refractivity contribution in [3.05, 3.63) is 0 Å². The molecule has 1 amide bonds. The molecule has 2 N–H and O–H groups in total. The molecule has 0 aromatic carbocycles. The van der Waals surface area contributed by atoms with Crippen LogP contribution < -0.4 is 10.6 Å². The zero-order chi connectivity index (χ0) is 12.9. The van der Waals surface area contributed by atoms with E-state index < -0.39 is 0 Å². The number of hydrogen-bond donors (Lipinski definition) is 2. The Hall–Kier alpha value is -0.610. The number of hydrogen-bond acceptors (Lipinski definition) is 3. The molecule has 1 aliphatic heterocycles. The van der Waals surface area contributed by atoms with Crippen LogP contribution in [0.15, 0.2) is 0 Å². The van der Waals surface area contributed by atoms with Gasteiger partial charge in [-0.1, -0.05) is 13.8 Å². The molecule has 1 saturated heterocycles. The molecule has 1 rings (SSSR count). The van der Waals surface area contributed by atoms with Crippen LogP contribution in [0.25, 0.3) is 0 Å². The smallest absolute Gasteiger partial charge is 0.228 e. The molecule has 4 nitrogen and oxygen atoms in total. The molecule has 1 aliphatic rings. The molecule has 2 atom stereocenters. The molecule has 0 spiro atoms. The van der Waals surface area contributed by atoms with Crippen molar-refractivity contribution in [1.29, 1.82) is 0 Å². The summed E-state index contributed by atoms with van der Waals surface area (Å²) in [5.41, 5.74) is -0.236. The molecule has 0 radical (unpaired) electrons. The second-order valence-electron chi connectivity index (χ2n) is 5.27. The highest BCUT2D eigenvalue weighted by Crippen LogP contribution is 2.34. The van der Waals surface area contributed by atoms with Gasteiger partial charge >= 0.3 is 0 Å². The van der Waals surface area contributed by atoms with Gasteiger partial charge in [-0.05, 0) is 32.7 Å². The first-order chi connectivity index (χ1) is 8.03. The highest BCUT2D eigenvalue weighted by molar-refractivity contribution is 5.83. The van der Waals surface area contributed by atoms with Gasteiger partial charge in [-0.2, -0.15) is 0 Å². The van der Waals surface area contributed by atoms with E-state index in [4.69, 9.17) is 4.74 Å². The van der Waals surface area contributed by atoms with Crippen LogP contribution in [0.2, 0.25) is 0 Å². The van der Waals surface area contributed by atoms with Crippen molar-refractivity contribution in [2.45, 2.75) is 40.2 Å². The lowest BCUT2D eigenvalue weighted by atomic mass is 9.75. The van der Waals surface area contributed by atoms with E-state index in [1.807, 2.05) is 13.8 Å². The summed E-state index contributed by atoms with van der Waals surface area (Å²) in [4.78, 5) is 12.4. The van der Waals surface area contributed by atoms with Crippen LogP contribution >= 0.6 is 0 Å². The van der Waals surface area contributed by atoms with Gasteiger partial charge < -0.3 is 15.4 Å². The predicted molar refractivity (Wildman–Crippen MR) is 68.9 cm³/mol. The maximum Gasteiger partial charge on any atom is 0.228 e. The summed E-state index contributed by atoms with van der Waals surface area (Å²) < 4.78 is 5.32. The van der Waals surface area contributed by atoms with Crippen LogP contribution in [-0.2, 0) is 9.53 Å². The molecule has 100 valence electrons. The molecule has 0 saturated carbocycles. The normalized spacial score (nSPS) is 26.2. The van der Waals surface area contributed by atoms with Gasteiger partial charge in [-0.15, -0.1) is 0 Å². The molecular formula is C13H26N2O2. The lowest BCUT2D eigenvalue weighted by Crippen LogP contribution is -2.49. The van der Waals surface area contributed by atoms with E-state index in [-0.39, 0.29) is 17.4 Å². The van der Waals surface area contributed by atoms with Gasteiger partial charge in [0.15, 0.2) is 0 Å². The minimum absolute atomic E-state index is 0.0821. The monoisotopic (exact) mass is 242 g/mol. The Morgan fingerprint density at radius 3 is 2.65 bits per heavy atom. The van der Waals surface area contributed by atoms with Crippen LogP contribution in [0.4, 0.5) is 0 Å². The number of nitrogens with one attached hydrogen (secondary N) is 2. The van der Waals surface area contributed by atoms with Gasteiger partial charge in [0.05, 0.1) is 12.0 Å². The molecule has 1 heterocycles. The van der Waals surface area contributed by atoms with E-state index in [2.05, 4.69) is 24.5 Å². The molecule has 0 aliphatic carbocycles. The summed E-state index contributed by atoms with van der Waals surface area (Å²) in [6.45, 7) is 11.2. The lowest BCUT2D eigenvalue weighted by Gasteiger charge is -2.32. The Balaban J connectivity index is 2.54. The van der Waals surface area contributed by atoms with E-state index in [1.54, 1.807) is 0 Å². The molecule has 4 heteroatoms. The van der Waals surface area contributed by atoms with Crippen molar-refractivity contribution in [3.8, 4) is 0 Å². The van der Waals surface area contributed by atoms with E-state index >= 15 is 0 Å². The summed E-state index contributed by atoms with van der Waals surface area (Å²) in [5.74, 6) is 0.529. The third-order valence-corrected chi connectivity index (χ3v) is 3.70. The van der Waals surface area contributed by atoms with Crippen LogP contribution in [0.1, 0.15) is 34.1 Å². The number of carbonyl (C=O) groups excluding carboxylic acids is 1. The Morgan fingerprint density at radius 1 is 1.47 bits per heavy atom. The first-order valence-corrected chi connectivity index (χ1v) is 6.62. The molecule has 0 aromatic rings. The Morgan fingerprint density at radius 2 is 2.18 bits per heavy atom. The van der Waals surface area contributed by atoms with Gasteiger partial charge in [-0.25, -0.2) is 0 Å². The van der Waals surface area contributed by atoms with E-state index in [9.17, 15) is 4.79 Å². The van der Waals surface area contributed by atoms with Gasteiger partial charge in [0.25, 0.3) is 0 Å². The predicted octanol–water partition coefficient (Wildman–Crippen LogP) is 1.16. The Bertz CT molecular complexity index is 248. The fourth-order valence-corrected chi connectivity index (χ4v) is 2.36. The SMILES string of the molecule is CCOCC(C)NC(=O)C1(C(C)C)CCNC1. The van der Waals surface area contributed by atoms with Gasteiger partial charge in [0.1, 0.15) is 0 Å². The first kappa shape index (κ1) is 14.5. The van der Waals surface area contributed by atoms with Crippen LogP contribution in [0.3, 0.4) is 0 Å². The molecule has 0 bridgehead atoms. The quantitative estimate of drug-likeness (QED) is 0.735. The van der Waals surface area contributed by atoms with E-state index in [0.717, 1.165) is 19.5 Å². The van der Waals surface area contributed by atoms with Crippen LogP contribution in [0.5, 0.6) is 0 Å². The third kappa shape index (κ3) is 3.42. The first-order valence-electron chi connectivity index (χ1n) is 6.62. The largest absolute Gasteiger partial charge is 0.380 e. The van der Waals surface area contributed by atoms with Crippen LogP contribution in [0, 0.1) is 11.3 Å². The third-order valence-electron chi connectivity index (χ3n) is 3.70. The fraction of sp³-hybridized carbons (Fsp3) is 0.923. The van der Waals surface area contributed by atoms with Crippen molar-refractivity contribution in [1.82, 2.24) is 10.6 Å². The van der Waals surface area contributed by atoms with Crippen LogP contribution in [-0.4, -0.2) is 38.3 Å². The van der Waals surface area contributed by atoms with Crippen molar-refractivity contribution >= 4 is 5.91 Å². The van der Waals surface area contributed by atoms with Crippen molar-refractivity contribution in [2.24, 2.45) is 11.3 Å². The minimum atomic E-state index is -0.236. The summed E-state index contributed by atoms with van der Waals surface area (Å²) in [6, 6.07) is 0.0821. The number of amides is 1. The second kappa shape index (κ2) is 6.36. The van der Waals surface area contributed by atoms with Gasteiger partial charge in [-0.3, -0.25) is 4.79 Å². The van der Waals surface area contributed by atoms with Gasteiger partial charge in [0.2, 0.25) is 5.91 Å². The zero-order valence-corrected chi connectivity index (χ0v) is 11.5. The Labute approximate surface area is 104 Å². The van der Waals surface area contributed by atoms with Crippen molar-refractivity contribution in [3.63, 3.8) is 0 Å². The van der Waals surface area contributed by atoms with Crippen molar-refractivity contribution < 1.29 is 9.53 Å². The standard InChI is InChI=1S/C13H26N2O2/c1-5-17-8-11(4)15-12(16)13(10(2)3)6-7-14-9-13/h10-11,14H,5-9H2,1-4H3,(H,15,16). The summed E-state index contributed by atoms with van der Waals surface area (Å²) in [5, 5.41) is 6.37. The van der Waals surface area contributed by atoms with Gasteiger partial charge in [0, 0.05) is 19.2 Å². The maximum atomic E-state index is 12.4. The molecule has 2 unspecified atom stereocenters. The maximum absolute atomic E-state index is 12.4. The summed E-state index contributed by atoms with van der Waals surface area (Å²) >= 11 is 0. The number of ether oxygens (including phenoxy) is 1. The average molecular weight is 242 g/mol. The average Bonchev–Trinajstić information content (AvgIpc) is 2.76.